The zero-order chi connectivity index (χ0) is 58.0. The zero-order valence-corrected chi connectivity index (χ0v) is 45.6. The minimum Gasteiger partial charge on any atom is -0.255 e. The van der Waals surface area contributed by atoms with Crippen molar-refractivity contribution in [2.45, 2.75) is 0 Å². The monoisotopic (exact) mass is 1080 g/mol. The normalized spacial score (nSPS) is 11.2. The Bertz CT molecular complexity index is 4390. The molecule has 15 rings (SSSR count). The first-order chi connectivity index (χ1) is 42.6. The molecule has 398 valence electrons. The van der Waals surface area contributed by atoms with E-state index in [1.54, 1.807) is 12.4 Å². The molecule has 0 atom stereocenters. The van der Waals surface area contributed by atoms with Crippen molar-refractivity contribution in [1.82, 2.24) is 34.9 Å². The number of fused-ring (bicyclic) bond motifs is 6. The first kappa shape index (κ1) is 49.6. The van der Waals surface area contributed by atoms with Crippen molar-refractivity contribution in [2.24, 2.45) is 0 Å². The standard InChI is InChI=1S/C39H27N3.C38H24N4.2H2/c1-4-13-28(14-5-1)31-19-10-22-34(25-31)37-40-38(35-23-11-20-32(26-35)29-15-6-2-7-16-29)42-39(41-37)36-24-12-21-33(27-36)30-17-8-3-9-18-30;1-2-8-30-29(7-1)33-21-25(27-13-17-37(41-23-27)35-9-3-5-19-39-35)11-15-31(33)32-16-12-26(22-34(30)32)28-14-18-38(42-24-28)36-10-4-6-20-40-36;;/h1-27H;1-24H;2*1H/i;;1+2T;1+2. The molecular formula is C77H55N7. The van der Waals surface area contributed by atoms with Gasteiger partial charge in [0, 0.05) is 57.0 Å². The topological polar surface area (TPSA) is 90.2 Å². The van der Waals surface area contributed by atoms with Gasteiger partial charge in [-0.15, -0.1) is 0 Å². The number of nitrogens with zero attached hydrogens (tertiary/aromatic N) is 7. The predicted molar refractivity (Wildman–Crippen MR) is 349 cm³/mol. The van der Waals surface area contributed by atoms with Crippen molar-refractivity contribution in [3.8, 4) is 113 Å². The maximum atomic E-state index is 5.03. The summed E-state index contributed by atoms with van der Waals surface area (Å²) in [6.45, 7) is 0. The molecule has 0 spiro atoms. The molecule has 0 fully saturated rings. The molecular weight excluding hydrogens is 1020 g/mol. The minimum atomic E-state index is 0. The van der Waals surface area contributed by atoms with Gasteiger partial charge in [0.25, 0.3) is 0 Å². The quantitative estimate of drug-likeness (QED) is 0.126. The number of hydrogen-bond acceptors (Lipinski definition) is 7. The van der Waals surface area contributed by atoms with Crippen LogP contribution in [0.4, 0.5) is 0 Å². The van der Waals surface area contributed by atoms with Gasteiger partial charge in [-0.05, 0) is 144 Å². The number of aromatic nitrogens is 7. The summed E-state index contributed by atoms with van der Waals surface area (Å²) in [5.41, 5.74) is 17.6. The summed E-state index contributed by atoms with van der Waals surface area (Å²) in [7, 11) is 0. The largest absolute Gasteiger partial charge is 0.255 e. The Kier molecular flexibility index (Phi) is 13.6. The van der Waals surface area contributed by atoms with Crippen molar-refractivity contribution in [1.29, 1.82) is 0 Å². The van der Waals surface area contributed by atoms with Crippen LogP contribution < -0.4 is 0 Å². The molecule has 0 aliphatic heterocycles. The highest BCUT2D eigenvalue weighted by atomic mass is 15.0. The van der Waals surface area contributed by atoms with E-state index in [4.69, 9.17) is 27.9 Å². The summed E-state index contributed by atoms with van der Waals surface area (Å²) in [6, 6.07) is 98.6. The molecule has 5 heterocycles. The Labute approximate surface area is 491 Å². The second-order valence-corrected chi connectivity index (χ2v) is 20.5. The van der Waals surface area contributed by atoms with Crippen LogP contribution in [-0.4, -0.2) is 34.9 Å². The molecule has 0 radical (unpaired) electrons. The van der Waals surface area contributed by atoms with Gasteiger partial charge in [0.1, 0.15) is 0 Å². The van der Waals surface area contributed by atoms with Crippen LogP contribution in [0.2, 0.25) is 0 Å². The average Bonchev–Trinajstić information content (AvgIpc) is 0.987. The molecule has 0 bridgehead atoms. The lowest BCUT2D eigenvalue weighted by Gasteiger charge is -2.13. The molecule has 10 aromatic carbocycles. The number of benzene rings is 10. The van der Waals surface area contributed by atoms with Crippen molar-refractivity contribution < 1.29 is 4.40 Å². The molecule has 7 nitrogen and oxygen atoms in total. The Morgan fingerprint density at radius 2 is 0.488 bits per heavy atom. The van der Waals surface area contributed by atoms with E-state index in [0.717, 1.165) is 95.1 Å². The Morgan fingerprint density at radius 1 is 0.190 bits per heavy atom. The highest BCUT2D eigenvalue weighted by Crippen LogP contribution is 2.40. The summed E-state index contributed by atoms with van der Waals surface area (Å²) in [6.07, 6.45) is 7.47. The van der Waals surface area contributed by atoms with E-state index in [-0.39, 0.29) is 1.43 Å². The van der Waals surface area contributed by atoms with E-state index in [9.17, 15) is 0 Å². The van der Waals surface area contributed by atoms with E-state index in [2.05, 4.69) is 228 Å². The van der Waals surface area contributed by atoms with Gasteiger partial charge in [0.2, 0.25) is 0 Å². The molecule has 0 unspecified atom stereocenters. The Hall–Kier alpha value is -11.4. The summed E-state index contributed by atoms with van der Waals surface area (Å²) < 4.78 is 10.0. The fourth-order valence-electron chi connectivity index (χ4n) is 10.9. The highest BCUT2D eigenvalue weighted by Gasteiger charge is 2.16. The van der Waals surface area contributed by atoms with Gasteiger partial charge >= 0.3 is 0 Å². The highest BCUT2D eigenvalue weighted by molar-refractivity contribution is 6.26. The van der Waals surface area contributed by atoms with Crippen LogP contribution in [0.5, 0.6) is 0 Å². The lowest BCUT2D eigenvalue weighted by molar-refractivity contribution is 1.07. The summed E-state index contributed by atoms with van der Waals surface area (Å²) >= 11 is 0. The fourth-order valence-corrected chi connectivity index (χ4v) is 10.9. The molecule has 15 aromatic rings. The van der Waals surface area contributed by atoms with E-state index in [0.29, 0.717) is 17.5 Å². The molecule has 0 saturated heterocycles. The van der Waals surface area contributed by atoms with Gasteiger partial charge in [-0.1, -0.05) is 218 Å². The maximum absolute atomic E-state index is 5.03. The van der Waals surface area contributed by atoms with Crippen LogP contribution in [0.15, 0.2) is 310 Å². The van der Waals surface area contributed by atoms with E-state index in [1.165, 1.54) is 32.3 Å². The van der Waals surface area contributed by atoms with Gasteiger partial charge in [0.05, 0.1) is 22.8 Å². The van der Waals surface area contributed by atoms with Crippen molar-refractivity contribution >= 4 is 32.3 Å². The second kappa shape index (κ2) is 23.0. The minimum absolute atomic E-state index is 0. The molecule has 0 saturated carbocycles. The predicted octanol–water partition coefficient (Wildman–Crippen LogP) is 19.8. The summed E-state index contributed by atoms with van der Waals surface area (Å²) in [5.74, 6) is 1.93. The molecule has 0 N–H and O–H groups in total. The molecule has 5 aromatic heterocycles. The molecule has 84 heavy (non-hydrogen) atoms. The Balaban J connectivity index is 0.000000163. The van der Waals surface area contributed by atoms with Gasteiger partial charge in [0.15, 0.2) is 17.5 Å². The fraction of sp³-hybridized carbons (Fsp3) is 0. The smallest absolute Gasteiger partial charge is 0.164 e. The number of rotatable bonds is 10. The van der Waals surface area contributed by atoms with Crippen LogP contribution in [0.3, 0.4) is 0 Å². The third kappa shape index (κ3) is 10.6. The van der Waals surface area contributed by atoms with Crippen molar-refractivity contribution in [3.05, 3.63) is 310 Å². The van der Waals surface area contributed by atoms with E-state index < -0.39 is 0 Å². The first-order valence-corrected chi connectivity index (χ1v) is 28.0. The van der Waals surface area contributed by atoms with Crippen molar-refractivity contribution in [3.63, 3.8) is 0 Å². The van der Waals surface area contributed by atoms with Gasteiger partial charge < -0.3 is 0 Å². The number of hydrogen-bond donors (Lipinski definition) is 0. The van der Waals surface area contributed by atoms with Gasteiger partial charge in [-0.25, -0.2) is 15.0 Å². The van der Waals surface area contributed by atoms with E-state index in [1.807, 2.05) is 79.1 Å². The van der Waals surface area contributed by atoms with Crippen LogP contribution in [0.1, 0.15) is 4.40 Å². The third-order valence-electron chi connectivity index (χ3n) is 15.2. The lowest BCUT2D eigenvalue weighted by atomic mass is 9.90. The molecule has 7 heteroatoms. The average molecular weight is 1080 g/mol. The molecule has 0 aliphatic carbocycles. The van der Waals surface area contributed by atoms with E-state index >= 15 is 0 Å². The van der Waals surface area contributed by atoms with Crippen molar-refractivity contribution in [2.75, 3.05) is 0 Å². The van der Waals surface area contributed by atoms with Crippen LogP contribution in [0.25, 0.3) is 145 Å². The van der Waals surface area contributed by atoms with Gasteiger partial charge in [-0.2, -0.15) is 0 Å². The summed E-state index contributed by atoms with van der Waals surface area (Å²) in [4.78, 5) is 33.4. The van der Waals surface area contributed by atoms with Crippen LogP contribution >= 0.6 is 0 Å². The second-order valence-electron chi connectivity index (χ2n) is 20.5. The molecule has 0 aliphatic rings. The first-order valence-electron chi connectivity index (χ1n) is 29.0. The number of pyridine rings is 4. The SMILES string of the molecule is [3HH].[3H][3H].c1ccc(-c2ccc(-c3ccc4c5ccc(-c6ccc(-c7ccccn7)nc6)cc5c5ccccc5c4c3)cn2)nc1.c1ccc(-c2cccc(-c3nc(-c4cccc(-c5ccccc5)c4)nc(-c4cccc(-c5ccccc5)c4)n3)c2)cc1. The van der Waals surface area contributed by atoms with Crippen LogP contribution in [0, 0.1) is 0 Å². The van der Waals surface area contributed by atoms with Crippen LogP contribution in [-0.2, 0) is 0 Å². The summed E-state index contributed by atoms with van der Waals surface area (Å²) in [5, 5.41) is 7.42. The lowest BCUT2D eigenvalue weighted by Crippen LogP contribution is -2.00. The molecule has 0 amide bonds. The maximum Gasteiger partial charge on any atom is 0.164 e. The third-order valence-corrected chi connectivity index (χ3v) is 15.2. The zero-order valence-electron chi connectivity index (χ0n) is 47.6. The van der Waals surface area contributed by atoms with Gasteiger partial charge in [-0.3, -0.25) is 19.9 Å². The Morgan fingerprint density at radius 3 is 0.833 bits per heavy atom.